The lowest BCUT2D eigenvalue weighted by molar-refractivity contribution is -0.361. The quantitative estimate of drug-likeness (QED) is 0.753. The van der Waals surface area contributed by atoms with E-state index in [1.807, 2.05) is 0 Å². The molecule has 2 heterocycles. The van der Waals surface area contributed by atoms with Crippen molar-refractivity contribution >= 4 is 11.7 Å². The van der Waals surface area contributed by atoms with Crippen LogP contribution in [0, 0.1) is 0 Å². The van der Waals surface area contributed by atoms with E-state index in [1.54, 1.807) is 38.1 Å². The van der Waals surface area contributed by atoms with Gasteiger partial charge in [0.1, 0.15) is 30.1 Å². The fraction of sp³-hybridized carbons (Fsp3) is 0.579. The highest BCUT2D eigenvalue weighted by atomic mass is 16.8. The van der Waals surface area contributed by atoms with Gasteiger partial charge in [-0.2, -0.15) is 0 Å². The topological polar surface area (TPSA) is 103 Å². The second kappa shape index (κ2) is 7.55. The van der Waals surface area contributed by atoms with E-state index < -0.39 is 36.4 Å². The number of rotatable bonds is 4. The molecular formula is C19H25NO7. The van der Waals surface area contributed by atoms with E-state index in [1.165, 1.54) is 13.8 Å². The van der Waals surface area contributed by atoms with Crippen LogP contribution in [0.15, 0.2) is 24.3 Å². The van der Waals surface area contributed by atoms with Crippen LogP contribution in [0.2, 0.25) is 0 Å². The Morgan fingerprint density at radius 1 is 1.22 bits per heavy atom. The normalized spacial score (nSPS) is 32.3. The van der Waals surface area contributed by atoms with Gasteiger partial charge >= 0.3 is 0 Å². The van der Waals surface area contributed by atoms with E-state index in [-0.39, 0.29) is 18.3 Å². The summed E-state index contributed by atoms with van der Waals surface area (Å²) in [5.74, 6) is -0.788. The number of benzene rings is 1. The second-order valence-corrected chi connectivity index (χ2v) is 7.25. The molecule has 148 valence electrons. The van der Waals surface area contributed by atoms with E-state index in [0.29, 0.717) is 11.3 Å². The Kier molecular flexibility index (Phi) is 5.53. The number of amides is 1. The fourth-order valence-electron chi connectivity index (χ4n) is 3.24. The Morgan fingerprint density at radius 2 is 1.89 bits per heavy atom. The molecule has 2 saturated heterocycles. The molecule has 0 aliphatic carbocycles. The molecule has 8 heteroatoms. The number of fused-ring (bicyclic) bond motifs is 1. The number of hydrogen-bond donors (Lipinski definition) is 2. The smallest absolute Gasteiger partial charge is 0.223 e. The van der Waals surface area contributed by atoms with Gasteiger partial charge in [-0.25, -0.2) is 0 Å². The third-order valence-electron chi connectivity index (χ3n) is 4.57. The van der Waals surface area contributed by atoms with Gasteiger partial charge in [0.2, 0.25) is 12.2 Å². The van der Waals surface area contributed by atoms with Gasteiger partial charge in [0.15, 0.2) is 11.6 Å². The summed E-state index contributed by atoms with van der Waals surface area (Å²) < 4.78 is 23.2. The molecule has 0 unspecified atom stereocenters. The minimum atomic E-state index is -1.04. The SMILES string of the molecule is CC(=O)N[C@@H]1[C@H](Oc2ccc(C(C)=O)cc2)O[C@@H]2COC(C)(C)O[C@@H]2[C@H]1O. The van der Waals surface area contributed by atoms with Gasteiger partial charge in [0, 0.05) is 12.5 Å². The lowest BCUT2D eigenvalue weighted by Gasteiger charge is -2.49. The molecule has 0 saturated carbocycles. The van der Waals surface area contributed by atoms with Crippen LogP contribution in [-0.4, -0.2) is 59.8 Å². The first kappa shape index (κ1) is 19.8. The summed E-state index contributed by atoms with van der Waals surface area (Å²) in [5.41, 5.74) is 0.557. The molecule has 27 heavy (non-hydrogen) atoms. The zero-order chi connectivity index (χ0) is 19.8. The number of nitrogens with one attached hydrogen (secondary N) is 1. The fourth-order valence-corrected chi connectivity index (χ4v) is 3.24. The predicted octanol–water partition coefficient (Wildman–Crippen LogP) is 1.01. The highest BCUT2D eigenvalue weighted by molar-refractivity contribution is 5.94. The van der Waals surface area contributed by atoms with Gasteiger partial charge in [-0.15, -0.1) is 0 Å². The van der Waals surface area contributed by atoms with Crippen LogP contribution >= 0.6 is 0 Å². The summed E-state index contributed by atoms with van der Waals surface area (Å²) in [6.07, 6.45) is -3.19. The molecule has 8 nitrogen and oxygen atoms in total. The third kappa shape index (κ3) is 4.47. The van der Waals surface area contributed by atoms with Crippen LogP contribution in [0.3, 0.4) is 0 Å². The van der Waals surface area contributed by atoms with Gasteiger partial charge in [0.25, 0.3) is 0 Å². The van der Waals surface area contributed by atoms with E-state index in [0.717, 1.165) is 0 Å². The highest BCUT2D eigenvalue weighted by Crippen LogP contribution is 2.33. The largest absolute Gasteiger partial charge is 0.463 e. The number of ether oxygens (including phenoxy) is 4. The van der Waals surface area contributed by atoms with Crippen molar-refractivity contribution < 1.29 is 33.6 Å². The van der Waals surface area contributed by atoms with Crippen LogP contribution in [0.4, 0.5) is 0 Å². The molecule has 2 N–H and O–H groups in total. The Hall–Kier alpha value is -2.00. The van der Waals surface area contributed by atoms with Crippen molar-refractivity contribution in [3.63, 3.8) is 0 Å². The average Bonchev–Trinajstić information content (AvgIpc) is 2.59. The van der Waals surface area contributed by atoms with Crippen molar-refractivity contribution in [3.8, 4) is 5.75 Å². The Morgan fingerprint density at radius 3 is 2.48 bits per heavy atom. The maximum absolute atomic E-state index is 11.6. The highest BCUT2D eigenvalue weighted by Gasteiger charge is 2.52. The maximum Gasteiger partial charge on any atom is 0.223 e. The molecule has 0 radical (unpaired) electrons. The molecular weight excluding hydrogens is 354 g/mol. The summed E-state index contributed by atoms with van der Waals surface area (Å²) in [6.45, 7) is 6.57. The summed E-state index contributed by atoms with van der Waals surface area (Å²) in [4.78, 5) is 23.0. The monoisotopic (exact) mass is 379 g/mol. The maximum atomic E-state index is 11.6. The van der Waals surface area contributed by atoms with Gasteiger partial charge in [0.05, 0.1) is 6.61 Å². The van der Waals surface area contributed by atoms with E-state index in [2.05, 4.69) is 5.32 Å². The predicted molar refractivity (Wildman–Crippen MR) is 94.3 cm³/mol. The van der Waals surface area contributed by atoms with Crippen molar-refractivity contribution in [3.05, 3.63) is 29.8 Å². The molecule has 2 aliphatic heterocycles. The molecule has 1 amide bonds. The van der Waals surface area contributed by atoms with Crippen molar-refractivity contribution in [2.24, 2.45) is 0 Å². The summed E-state index contributed by atoms with van der Waals surface area (Å²) in [5, 5.41) is 13.5. The first-order valence-electron chi connectivity index (χ1n) is 8.86. The number of carbonyl (C=O) groups excluding carboxylic acids is 2. The van der Waals surface area contributed by atoms with Crippen LogP contribution < -0.4 is 10.1 Å². The van der Waals surface area contributed by atoms with Gasteiger partial charge in [-0.3, -0.25) is 9.59 Å². The number of ketones is 1. The molecule has 2 aliphatic rings. The Labute approximate surface area is 157 Å². The van der Waals surface area contributed by atoms with Crippen LogP contribution in [0.5, 0.6) is 5.75 Å². The van der Waals surface area contributed by atoms with E-state index in [9.17, 15) is 14.7 Å². The lowest BCUT2D eigenvalue weighted by atomic mass is 9.95. The van der Waals surface area contributed by atoms with Crippen LogP contribution in [0.1, 0.15) is 38.1 Å². The summed E-state index contributed by atoms with van der Waals surface area (Å²) in [7, 11) is 0. The first-order chi connectivity index (χ1) is 12.7. The minimum Gasteiger partial charge on any atom is -0.463 e. The van der Waals surface area contributed by atoms with Gasteiger partial charge in [-0.1, -0.05) is 0 Å². The number of aliphatic hydroxyl groups is 1. The zero-order valence-corrected chi connectivity index (χ0v) is 15.8. The van der Waals surface area contributed by atoms with Crippen molar-refractivity contribution in [1.29, 1.82) is 0 Å². The molecule has 1 aromatic carbocycles. The average molecular weight is 379 g/mol. The molecule has 0 spiro atoms. The standard InChI is InChI=1S/C19H25NO7/c1-10(21)12-5-7-13(8-6-12)25-18-15(20-11(2)22)16(23)17-14(26-18)9-24-19(3,4)27-17/h5-8,14-18,23H,9H2,1-4H3,(H,20,22)/t14-,15+,16+,17+,18-/m1/s1. The second-order valence-electron chi connectivity index (χ2n) is 7.25. The summed E-state index contributed by atoms with van der Waals surface area (Å²) in [6, 6.07) is 5.73. The molecule has 2 fully saturated rings. The third-order valence-corrected chi connectivity index (χ3v) is 4.57. The molecule has 3 rings (SSSR count). The summed E-state index contributed by atoms with van der Waals surface area (Å²) >= 11 is 0. The number of hydrogen-bond acceptors (Lipinski definition) is 7. The van der Waals surface area contributed by atoms with Crippen LogP contribution in [0.25, 0.3) is 0 Å². The van der Waals surface area contributed by atoms with Crippen LogP contribution in [-0.2, 0) is 19.0 Å². The van der Waals surface area contributed by atoms with Gasteiger partial charge in [-0.05, 0) is 45.0 Å². The molecule has 1 aromatic rings. The number of aliphatic hydroxyl groups excluding tert-OH is 1. The molecule has 0 bridgehead atoms. The molecule has 0 aromatic heterocycles. The number of Topliss-reactive ketones (excluding diaryl/α,β-unsaturated/α-hetero) is 1. The first-order valence-corrected chi connectivity index (χ1v) is 8.86. The van der Waals surface area contributed by atoms with E-state index in [4.69, 9.17) is 18.9 Å². The van der Waals surface area contributed by atoms with Crippen molar-refractivity contribution in [1.82, 2.24) is 5.32 Å². The zero-order valence-electron chi connectivity index (χ0n) is 15.8. The lowest BCUT2D eigenvalue weighted by Crippen LogP contribution is -2.69. The van der Waals surface area contributed by atoms with Crippen molar-refractivity contribution in [2.45, 2.75) is 64.1 Å². The Bertz CT molecular complexity index is 703. The van der Waals surface area contributed by atoms with Gasteiger partial charge < -0.3 is 29.4 Å². The Balaban J connectivity index is 1.79. The van der Waals surface area contributed by atoms with Crippen molar-refractivity contribution in [2.75, 3.05) is 6.61 Å². The number of carbonyl (C=O) groups is 2. The minimum absolute atomic E-state index is 0.0519. The van der Waals surface area contributed by atoms with E-state index >= 15 is 0 Å². The molecule has 5 atom stereocenters.